The molecular weight excluding hydrogens is 540 g/mol. The molecule has 0 unspecified atom stereocenters. The average molecular weight is 565 g/mol. The Balaban J connectivity index is 1.55. The number of rotatable bonds is 9. The molecule has 8 nitrogen and oxygen atoms in total. The van der Waals surface area contributed by atoms with Crippen molar-refractivity contribution in [1.29, 1.82) is 0 Å². The van der Waals surface area contributed by atoms with E-state index < -0.39 is 15.9 Å². The van der Waals surface area contributed by atoms with Gasteiger partial charge >= 0.3 is 0 Å². The molecule has 0 aliphatic rings. The molecule has 0 aromatic heterocycles. The zero-order valence-electron chi connectivity index (χ0n) is 21.3. The number of ketones is 1. The number of methoxy groups -OCH3 is 2. The Labute approximate surface area is 231 Å². The third-order valence-corrected chi connectivity index (χ3v) is 8.03. The topological polar surface area (TPSA) is 102 Å². The summed E-state index contributed by atoms with van der Waals surface area (Å²) in [5.41, 5.74) is 1.62. The number of nitrogens with one attached hydrogen (secondary N) is 1. The minimum Gasteiger partial charge on any atom is -0.493 e. The van der Waals surface area contributed by atoms with Crippen molar-refractivity contribution in [2.24, 2.45) is 0 Å². The molecule has 39 heavy (non-hydrogen) atoms. The highest BCUT2D eigenvalue weighted by Gasteiger charge is 2.24. The Kier molecular flexibility index (Phi) is 8.23. The molecule has 0 aliphatic heterocycles. The molecule has 1 N–H and O–H groups in total. The molecule has 0 saturated heterocycles. The first-order valence-corrected chi connectivity index (χ1v) is 13.5. The molecular formula is C29H25ClN2O6S. The van der Waals surface area contributed by atoms with Gasteiger partial charge in [-0.2, -0.15) is 0 Å². The summed E-state index contributed by atoms with van der Waals surface area (Å²) in [6, 6.07) is 23.7. The van der Waals surface area contributed by atoms with Crippen LogP contribution in [0.25, 0.3) is 0 Å². The number of amides is 1. The van der Waals surface area contributed by atoms with E-state index in [1.165, 1.54) is 69.8 Å². The molecule has 4 aromatic carbocycles. The number of anilines is 2. The fraction of sp³-hybridized carbons (Fsp3) is 0.103. The molecule has 0 fully saturated rings. The van der Waals surface area contributed by atoms with Gasteiger partial charge in [-0.1, -0.05) is 41.9 Å². The van der Waals surface area contributed by atoms with E-state index in [1.54, 1.807) is 42.5 Å². The Hall–Kier alpha value is -4.34. The number of sulfonamides is 1. The van der Waals surface area contributed by atoms with E-state index in [0.29, 0.717) is 27.7 Å². The molecule has 0 heterocycles. The van der Waals surface area contributed by atoms with Crippen molar-refractivity contribution in [2.45, 2.75) is 4.90 Å². The maximum atomic E-state index is 13.2. The summed E-state index contributed by atoms with van der Waals surface area (Å²) in [5.74, 6) is -0.0720. The van der Waals surface area contributed by atoms with Crippen LogP contribution in [0.2, 0.25) is 5.02 Å². The summed E-state index contributed by atoms with van der Waals surface area (Å²) >= 11 is 6.13. The SMILES string of the molecule is COc1ccc(S(=O)(=O)N(C)c2ccc(C(=O)Nc3ccc(Cl)cc3C(=O)c3ccccc3)cc2)cc1OC. The number of nitrogens with zero attached hydrogens (tertiary/aromatic N) is 1. The van der Waals surface area contributed by atoms with Crippen molar-refractivity contribution >= 4 is 44.7 Å². The van der Waals surface area contributed by atoms with Gasteiger partial charge in [-0.25, -0.2) is 8.42 Å². The smallest absolute Gasteiger partial charge is 0.264 e. The van der Waals surface area contributed by atoms with Crippen LogP contribution >= 0.6 is 11.6 Å². The van der Waals surface area contributed by atoms with Crippen LogP contribution < -0.4 is 19.1 Å². The zero-order valence-corrected chi connectivity index (χ0v) is 22.9. The van der Waals surface area contributed by atoms with Crippen molar-refractivity contribution in [1.82, 2.24) is 0 Å². The highest BCUT2D eigenvalue weighted by molar-refractivity contribution is 7.92. The van der Waals surface area contributed by atoms with E-state index in [4.69, 9.17) is 21.1 Å². The largest absolute Gasteiger partial charge is 0.493 e. The highest BCUT2D eigenvalue weighted by Crippen LogP contribution is 2.32. The fourth-order valence-electron chi connectivity index (χ4n) is 3.85. The quantitative estimate of drug-likeness (QED) is 0.263. The molecule has 0 spiro atoms. The maximum Gasteiger partial charge on any atom is 0.264 e. The highest BCUT2D eigenvalue weighted by atomic mass is 35.5. The minimum absolute atomic E-state index is 0.0165. The number of benzene rings is 4. The number of hydrogen-bond donors (Lipinski definition) is 1. The molecule has 0 aliphatic carbocycles. The lowest BCUT2D eigenvalue weighted by atomic mass is 10.0. The van der Waals surface area contributed by atoms with E-state index >= 15 is 0 Å². The number of carbonyl (C=O) groups is 2. The summed E-state index contributed by atoms with van der Waals surface area (Å²) in [6.45, 7) is 0. The van der Waals surface area contributed by atoms with Crippen molar-refractivity contribution in [2.75, 3.05) is 30.9 Å². The summed E-state index contributed by atoms with van der Waals surface area (Å²) in [4.78, 5) is 26.1. The summed E-state index contributed by atoms with van der Waals surface area (Å²) in [5, 5.41) is 3.11. The Bertz CT molecular complexity index is 1620. The standard InChI is InChI=1S/C29H25ClN2O6S/c1-32(39(35,36)23-14-16-26(37-2)27(18-23)38-3)22-12-9-20(10-13-22)29(34)31-25-15-11-21(30)17-24(25)28(33)19-7-5-4-6-8-19/h4-18H,1-3H3,(H,31,34). The third-order valence-electron chi connectivity index (χ3n) is 6.02. The van der Waals surface area contributed by atoms with Gasteiger partial charge in [0.1, 0.15) is 0 Å². The van der Waals surface area contributed by atoms with Gasteiger partial charge < -0.3 is 14.8 Å². The number of halogens is 1. The molecule has 0 radical (unpaired) electrons. The van der Waals surface area contributed by atoms with E-state index in [1.807, 2.05) is 0 Å². The van der Waals surface area contributed by atoms with Crippen LogP contribution in [-0.4, -0.2) is 41.4 Å². The van der Waals surface area contributed by atoms with E-state index in [9.17, 15) is 18.0 Å². The predicted octanol–water partition coefficient (Wildman–Crippen LogP) is 5.67. The van der Waals surface area contributed by atoms with Gasteiger partial charge in [0.25, 0.3) is 15.9 Å². The van der Waals surface area contributed by atoms with Gasteiger partial charge in [-0.05, 0) is 54.6 Å². The summed E-state index contributed by atoms with van der Waals surface area (Å²) in [6.07, 6.45) is 0. The zero-order chi connectivity index (χ0) is 28.2. The Morgan fingerprint density at radius 1 is 0.795 bits per heavy atom. The number of hydrogen-bond acceptors (Lipinski definition) is 6. The molecule has 200 valence electrons. The lowest BCUT2D eigenvalue weighted by molar-refractivity contribution is 0.102. The average Bonchev–Trinajstić information content (AvgIpc) is 2.97. The number of ether oxygens (including phenoxy) is 2. The van der Waals surface area contributed by atoms with Crippen molar-refractivity contribution in [3.05, 3.63) is 113 Å². The molecule has 0 saturated carbocycles. The normalized spacial score (nSPS) is 11.0. The third kappa shape index (κ3) is 5.89. The molecule has 0 bridgehead atoms. The monoisotopic (exact) mass is 564 g/mol. The van der Waals surface area contributed by atoms with Crippen LogP contribution in [0.4, 0.5) is 11.4 Å². The van der Waals surface area contributed by atoms with Crippen LogP contribution in [0.5, 0.6) is 11.5 Å². The van der Waals surface area contributed by atoms with Crippen LogP contribution in [0.1, 0.15) is 26.3 Å². The lowest BCUT2D eigenvalue weighted by Crippen LogP contribution is -2.26. The first kappa shape index (κ1) is 27.7. The second-order valence-corrected chi connectivity index (χ2v) is 10.8. The Morgan fingerprint density at radius 3 is 2.10 bits per heavy atom. The van der Waals surface area contributed by atoms with Crippen LogP contribution in [-0.2, 0) is 10.0 Å². The first-order valence-electron chi connectivity index (χ1n) is 11.7. The summed E-state index contributed by atoms with van der Waals surface area (Å²) in [7, 11) is 0.369. The van der Waals surface area contributed by atoms with Gasteiger partial charge in [0.2, 0.25) is 0 Å². The van der Waals surface area contributed by atoms with Crippen LogP contribution in [0.15, 0.2) is 95.9 Å². The van der Waals surface area contributed by atoms with E-state index in [0.717, 1.165) is 4.31 Å². The molecule has 0 atom stereocenters. The van der Waals surface area contributed by atoms with Crippen LogP contribution in [0, 0.1) is 0 Å². The Morgan fingerprint density at radius 2 is 1.46 bits per heavy atom. The van der Waals surface area contributed by atoms with Gasteiger partial charge in [0, 0.05) is 34.8 Å². The number of carbonyl (C=O) groups excluding carboxylic acids is 2. The molecule has 4 rings (SSSR count). The lowest BCUT2D eigenvalue weighted by Gasteiger charge is -2.20. The predicted molar refractivity (Wildman–Crippen MR) is 151 cm³/mol. The minimum atomic E-state index is -3.93. The maximum absolute atomic E-state index is 13.2. The summed E-state index contributed by atoms with van der Waals surface area (Å²) < 4.78 is 37.9. The molecule has 4 aromatic rings. The molecule has 10 heteroatoms. The van der Waals surface area contributed by atoms with Crippen LogP contribution in [0.3, 0.4) is 0 Å². The second-order valence-electron chi connectivity index (χ2n) is 8.38. The van der Waals surface area contributed by atoms with Crippen molar-refractivity contribution in [3.8, 4) is 11.5 Å². The second kappa shape index (κ2) is 11.6. The van der Waals surface area contributed by atoms with E-state index in [-0.39, 0.29) is 27.6 Å². The van der Waals surface area contributed by atoms with Gasteiger partial charge in [0.05, 0.1) is 30.5 Å². The van der Waals surface area contributed by atoms with E-state index in [2.05, 4.69) is 5.32 Å². The van der Waals surface area contributed by atoms with Crippen molar-refractivity contribution < 1.29 is 27.5 Å². The fourth-order valence-corrected chi connectivity index (χ4v) is 5.23. The van der Waals surface area contributed by atoms with Gasteiger partial charge in [-0.15, -0.1) is 0 Å². The molecule has 1 amide bonds. The van der Waals surface area contributed by atoms with Gasteiger partial charge in [0.15, 0.2) is 17.3 Å². The van der Waals surface area contributed by atoms with Gasteiger partial charge in [-0.3, -0.25) is 13.9 Å². The first-order chi connectivity index (χ1) is 18.6. The van der Waals surface area contributed by atoms with Crippen molar-refractivity contribution in [3.63, 3.8) is 0 Å².